The molecule has 10 atom stereocenters. The molecule has 4 saturated carbocycles. The van der Waals surface area contributed by atoms with E-state index in [-0.39, 0.29) is 63.7 Å². The number of aliphatic hydroxyl groups is 1. The van der Waals surface area contributed by atoms with Gasteiger partial charge in [-0.05, 0) is 137 Å². The number of β-amino-alcohol motifs (C(OH)–C–C–N with tert-alkyl or cyclic N) is 1. The lowest BCUT2D eigenvalue weighted by molar-refractivity contribution is -0.235. The van der Waals surface area contributed by atoms with Crippen molar-refractivity contribution in [3.05, 3.63) is 11.1 Å². The van der Waals surface area contributed by atoms with E-state index in [0.29, 0.717) is 38.0 Å². The summed E-state index contributed by atoms with van der Waals surface area (Å²) in [6, 6.07) is 0. The second-order valence-electron chi connectivity index (χ2n) is 20.9. The fraction of sp³-hybridized carbons (Fsp3) is 0.867. The van der Waals surface area contributed by atoms with Crippen molar-refractivity contribution >= 4 is 23.7 Å². The quantitative estimate of drug-likeness (QED) is 0.213. The lowest BCUT2D eigenvalue weighted by Gasteiger charge is -2.72. The molecule has 6 aliphatic rings. The summed E-state index contributed by atoms with van der Waals surface area (Å²) < 4.78 is 11.5. The zero-order valence-corrected chi connectivity index (χ0v) is 35.1. The van der Waals surface area contributed by atoms with Gasteiger partial charge >= 0.3 is 17.9 Å². The van der Waals surface area contributed by atoms with E-state index in [1.165, 1.54) is 5.57 Å². The van der Waals surface area contributed by atoms with Crippen LogP contribution in [0, 0.1) is 62.1 Å². The number of carbonyl (C=O) groups is 4. The Bertz CT molecular complexity index is 1550. The fourth-order valence-corrected chi connectivity index (χ4v) is 14.0. The number of Topliss-reactive ketones (excluding diaryl/α,β-unsaturated/α-hetero) is 1. The summed E-state index contributed by atoms with van der Waals surface area (Å²) in [5.74, 6) is -0.384. The predicted molar refractivity (Wildman–Crippen MR) is 207 cm³/mol. The molecule has 0 unspecified atom stereocenters. The average molecular weight is 754 g/mol. The highest BCUT2D eigenvalue weighted by Gasteiger charge is 2.71. The normalized spacial score (nSPS) is 39.9. The Morgan fingerprint density at radius 3 is 2.28 bits per heavy atom. The highest BCUT2D eigenvalue weighted by Crippen LogP contribution is 2.77. The van der Waals surface area contributed by atoms with Crippen molar-refractivity contribution in [1.29, 1.82) is 0 Å². The van der Waals surface area contributed by atoms with Gasteiger partial charge in [-0.3, -0.25) is 24.1 Å². The number of rotatable bonds is 10. The molecular weight excluding hydrogens is 682 g/mol. The summed E-state index contributed by atoms with van der Waals surface area (Å²) in [5.41, 5.74) is 0.293. The van der Waals surface area contributed by atoms with Crippen LogP contribution in [0.25, 0.3) is 0 Å². The minimum absolute atomic E-state index is 0.0316. The van der Waals surface area contributed by atoms with E-state index in [0.717, 1.165) is 76.3 Å². The van der Waals surface area contributed by atoms with Crippen molar-refractivity contribution in [1.82, 2.24) is 4.90 Å². The van der Waals surface area contributed by atoms with Crippen molar-refractivity contribution < 1.29 is 38.9 Å². The van der Waals surface area contributed by atoms with Crippen LogP contribution in [0.1, 0.15) is 146 Å². The molecule has 0 aromatic heterocycles. The van der Waals surface area contributed by atoms with E-state index in [1.54, 1.807) is 13.8 Å². The lowest BCUT2D eigenvalue weighted by atomic mass is 9.33. The number of allylic oxidation sites excluding steroid dienone is 1. The molecule has 5 fully saturated rings. The maximum atomic E-state index is 14.2. The highest BCUT2D eigenvalue weighted by molar-refractivity contribution is 6.00. The smallest absolute Gasteiger partial charge is 0.310 e. The first-order valence-electron chi connectivity index (χ1n) is 21.4. The van der Waals surface area contributed by atoms with Gasteiger partial charge in [0.2, 0.25) is 0 Å². The maximum absolute atomic E-state index is 14.2. The van der Waals surface area contributed by atoms with Crippen molar-refractivity contribution in [2.24, 2.45) is 62.1 Å². The number of likely N-dealkylation sites (tertiary alicyclic amines) is 1. The zero-order chi connectivity index (χ0) is 39.8. The van der Waals surface area contributed by atoms with Crippen LogP contribution in [0.3, 0.4) is 0 Å². The van der Waals surface area contributed by atoms with Gasteiger partial charge in [-0.1, -0.05) is 54.0 Å². The topological polar surface area (TPSA) is 130 Å². The number of fused-ring (bicyclic) bond motifs is 7. The van der Waals surface area contributed by atoms with E-state index in [4.69, 9.17) is 9.47 Å². The van der Waals surface area contributed by atoms with Crippen LogP contribution >= 0.6 is 0 Å². The van der Waals surface area contributed by atoms with E-state index in [1.807, 2.05) is 6.92 Å². The average Bonchev–Trinajstić information content (AvgIpc) is 3.39. The number of carboxylic acids is 1. The number of aliphatic carboxylic acids is 1. The van der Waals surface area contributed by atoms with Gasteiger partial charge in [0.15, 0.2) is 5.78 Å². The standard InChI is InChI=1S/C45H71NO8/c1-11-53-38(50)28-13-12-22-46(25-28)26-33(48)45-21-20-43(9)29(37(45)36(27(2)3)30(47)23-45)14-15-32-42(8)18-17-34(54-35(49)24-40(4,5)39(51)52)41(6,7)31(42)16-19-44(32,43)10/h27-29,31-34,48H,11-26H2,1-10H3,(H,51,52)/t28-,29-,31+,32-,33-,34+,42+,43-,44-,45+/m1/s1. The Balaban J connectivity index is 1.26. The van der Waals surface area contributed by atoms with Gasteiger partial charge in [-0.15, -0.1) is 0 Å². The minimum Gasteiger partial charge on any atom is -0.481 e. The fourth-order valence-electron chi connectivity index (χ4n) is 14.0. The molecule has 0 radical (unpaired) electrons. The first-order valence-corrected chi connectivity index (χ1v) is 21.4. The summed E-state index contributed by atoms with van der Waals surface area (Å²) in [6.07, 6.45) is 8.69. The van der Waals surface area contributed by atoms with Gasteiger partial charge in [0.05, 0.1) is 30.5 Å². The van der Waals surface area contributed by atoms with Crippen LogP contribution in [0.5, 0.6) is 0 Å². The molecule has 2 N–H and O–H groups in total. The monoisotopic (exact) mass is 754 g/mol. The van der Waals surface area contributed by atoms with Crippen molar-refractivity contribution in [2.75, 3.05) is 26.2 Å². The van der Waals surface area contributed by atoms with Gasteiger partial charge in [0.1, 0.15) is 6.10 Å². The van der Waals surface area contributed by atoms with Gasteiger partial charge in [-0.2, -0.15) is 0 Å². The van der Waals surface area contributed by atoms with Gasteiger partial charge in [0, 0.05) is 30.3 Å². The number of ether oxygens (including phenoxy) is 2. The number of carbonyl (C=O) groups excluding carboxylic acids is 3. The summed E-state index contributed by atoms with van der Waals surface area (Å²) >= 11 is 0. The first kappa shape index (κ1) is 41.4. The molecular formula is C45H71NO8. The third-order valence-electron chi connectivity index (χ3n) is 17.1. The zero-order valence-electron chi connectivity index (χ0n) is 35.1. The molecule has 304 valence electrons. The molecule has 0 aromatic carbocycles. The van der Waals surface area contributed by atoms with Gasteiger partial charge in [0.25, 0.3) is 0 Å². The molecule has 5 aliphatic carbocycles. The second-order valence-corrected chi connectivity index (χ2v) is 20.9. The number of esters is 2. The second kappa shape index (κ2) is 14.3. The minimum atomic E-state index is -1.17. The van der Waals surface area contributed by atoms with Crippen molar-refractivity contribution in [3.8, 4) is 0 Å². The number of piperidine rings is 1. The van der Waals surface area contributed by atoms with Crippen LogP contribution in [-0.2, 0) is 28.7 Å². The Kier molecular flexibility index (Phi) is 10.9. The van der Waals surface area contributed by atoms with Crippen LogP contribution in [0.4, 0.5) is 0 Å². The number of carboxylic acid groups (broad SMARTS) is 1. The summed E-state index contributed by atoms with van der Waals surface area (Å²) in [5, 5.41) is 22.0. The van der Waals surface area contributed by atoms with E-state index in [2.05, 4.69) is 53.4 Å². The molecule has 1 aliphatic heterocycles. The molecule has 0 bridgehead atoms. The maximum Gasteiger partial charge on any atom is 0.310 e. The molecule has 6 rings (SSSR count). The predicted octanol–water partition coefficient (Wildman–Crippen LogP) is 8.02. The number of aliphatic hydroxyl groups excluding tert-OH is 1. The van der Waals surface area contributed by atoms with Crippen molar-refractivity contribution in [2.45, 2.75) is 158 Å². The van der Waals surface area contributed by atoms with E-state index in [9.17, 15) is 29.4 Å². The summed E-state index contributed by atoms with van der Waals surface area (Å²) in [7, 11) is 0. The molecule has 9 nitrogen and oxygen atoms in total. The Labute approximate surface area is 324 Å². The van der Waals surface area contributed by atoms with Crippen molar-refractivity contribution in [3.63, 3.8) is 0 Å². The Morgan fingerprint density at radius 1 is 0.926 bits per heavy atom. The lowest BCUT2D eigenvalue weighted by Crippen LogP contribution is -2.66. The van der Waals surface area contributed by atoms with E-state index < -0.39 is 28.9 Å². The Morgan fingerprint density at radius 2 is 1.63 bits per heavy atom. The van der Waals surface area contributed by atoms with Crippen LogP contribution in [-0.4, -0.2) is 77.3 Å². The largest absolute Gasteiger partial charge is 0.481 e. The van der Waals surface area contributed by atoms with Gasteiger partial charge < -0.3 is 19.7 Å². The van der Waals surface area contributed by atoms with E-state index >= 15 is 0 Å². The molecule has 1 heterocycles. The third kappa shape index (κ3) is 6.41. The number of nitrogens with zero attached hydrogens (tertiary/aromatic N) is 1. The van der Waals surface area contributed by atoms with Crippen LogP contribution in [0.15, 0.2) is 11.1 Å². The molecule has 54 heavy (non-hydrogen) atoms. The molecule has 0 spiro atoms. The molecule has 1 saturated heterocycles. The molecule has 0 aromatic rings. The molecule has 0 amide bonds. The summed E-state index contributed by atoms with van der Waals surface area (Å²) in [6.45, 7) is 23.7. The van der Waals surface area contributed by atoms with Crippen LogP contribution < -0.4 is 0 Å². The third-order valence-corrected chi connectivity index (χ3v) is 17.1. The molecule has 9 heteroatoms. The first-order chi connectivity index (χ1) is 25.1. The number of hydrogen-bond acceptors (Lipinski definition) is 8. The number of ketones is 1. The van der Waals surface area contributed by atoms with Crippen LogP contribution in [0.2, 0.25) is 0 Å². The Hall–Kier alpha value is -2.26. The SMILES string of the molecule is CCOC(=O)[C@@H]1CCCN(C[C@@H](O)[C@@]23CC[C@]4(C)[C@H](CC[C@@H]5[C@@]6(C)CC[C@H](OC(=O)CC(C)(C)C(=O)O)C(C)(C)[C@@H]6CC[C@]54C)C2=C(C(C)C)C(=O)C3)C1. The summed E-state index contributed by atoms with van der Waals surface area (Å²) in [4.78, 5) is 54.0. The van der Waals surface area contributed by atoms with Gasteiger partial charge in [-0.25, -0.2) is 0 Å². The highest BCUT2D eigenvalue weighted by atomic mass is 16.5. The number of hydrogen-bond donors (Lipinski definition) is 2.